The van der Waals surface area contributed by atoms with Crippen LogP contribution >= 0.6 is 22.1 Å². The zero-order chi connectivity index (χ0) is 7.90. The van der Waals surface area contributed by atoms with Crippen molar-refractivity contribution in [1.82, 2.24) is 0 Å². The van der Waals surface area contributed by atoms with E-state index in [9.17, 15) is 9.11 Å². The van der Waals surface area contributed by atoms with Crippen LogP contribution in [-0.4, -0.2) is 15.4 Å². The number of thiophene rings is 1. The molecule has 0 spiro atoms. The molecule has 0 saturated carbocycles. The number of fused-ring (bicyclic) bond motifs is 1. The normalized spacial score (nSPS) is 22.0. The second-order valence-electron chi connectivity index (χ2n) is 2.01. The average molecular weight is 190 g/mol. The Labute approximate surface area is 69.1 Å². The van der Waals surface area contributed by atoms with Crippen LogP contribution in [-0.2, 0) is 0 Å². The maximum atomic E-state index is 9.32. The van der Waals surface area contributed by atoms with Crippen molar-refractivity contribution in [2.24, 2.45) is 4.40 Å². The number of nitrogens with zero attached hydrogens (tertiary/aromatic N) is 1. The van der Waals surface area contributed by atoms with Crippen LogP contribution in [0.25, 0.3) is 0 Å². The summed E-state index contributed by atoms with van der Waals surface area (Å²) in [6, 6.07) is 1.67. The first-order valence-electron chi connectivity index (χ1n) is 2.86. The van der Waals surface area contributed by atoms with Crippen molar-refractivity contribution in [2.45, 2.75) is 4.90 Å². The summed E-state index contributed by atoms with van der Waals surface area (Å²) in [6.45, 7) is 0. The quantitative estimate of drug-likeness (QED) is 0.587. The molecular formula is C5H6N2O2S2. The fraction of sp³-hybridized carbons (Fsp3) is 0. The molecule has 0 aliphatic carbocycles. The van der Waals surface area contributed by atoms with Crippen LogP contribution in [0.15, 0.2) is 20.7 Å². The van der Waals surface area contributed by atoms with E-state index < -0.39 is 10.8 Å². The zero-order valence-electron chi connectivity index (χ0n) is 5.39. The zero-order valence-corrected chi connectivity index (χ0v) is 7.02. The maximum absolute atomic E-state index is 9.32. The topological polar surface area (TPSA) is 64.8 Å². The van der Waals surface area contributed by atoms with E-state index in [0.29, 0.717) is 4.90 Å². The summed E-state index contributed by atoms with van der Waals surface area (Å²) in [4.78, 5) is 0.491. The minimum atomic E-state index is -2.88. The molecule has 60 valence electrons. The van der Waals surface area contributed by atoms with Gasteiger partial charge in [-0.1, -0.05) is 10.8 Å². The Morgan fingerprint density at radius 3 is 3.09 bits per heavy atom. The first-order chi connectivity index (χ1) is 5.20. The van der Waals surface area contributed by atoms with Crippen LogP contribution in [0, 0.1) is 0 Å². The molecule has 0 amide bonds. The molecule has 0 radical (unpaired) electrons. The van der Waals surface area contributed by atoms with E-state index in [2.05, 4.69) is 9.71 Å². The number of hydrogen-bond acceptors (Lipinski definition) is 5. The van der Waals surface area contributed by atoms with Gasteiger partial charge in [0.25, 0.3) is 0 Å². The van der Waals surface area contributed by atoms with Crippen molar-refractivity contribution in [2.75, 3.05) is 5.32 Å². The van der Waals surface area contributed by atoms with Gasteiger partial charge in [0.15, 0.2) is 0 Å². The Hall–Kier alpha value is -0.560. The molecule has 6 heteroatoms. The number of anilines is 1. The first-order valence-corrected chi connectivity index (χ1v) is 5.24. The van der Waals surface area contributed by atoms with Gasteiger partial charge < -0.3 is 5.32 Å². The molecule has 1 aliphatic heterocycles. The van der Waals surface area contributed by atoms with Gasteiger partial charge >= 0.3 is 0 Å². The summed E-state index contributed by atoms with van der Waals surface area (Å²) < 4.78 is 22.2. The SMILES string of the molecule is OS1(O)N=CNc2sccc21. The molecule has 0 saturated heterocycles. The molecule has 1 aromatic heterocycles. The predicted octanol–water partition coefficient (Wildman–Crippen LogP) is 2.23. The van der Waals surface area contributed by atoms with Gasteiger partial charge in [0.05, 0.1) is 0 Å². The molecule has 3 N–H and O–H groups in total. The van der Waals surface area contributed by atoms with Crippen LogP contribution < -0.4 is 5.32 Å². The Kier molecular flexibility index (Phi) is 1.43. The van der Waals surface area contributed by atoms with Gasteiger partial charge in [0.1, 0.15) is 16.2 Å². The van der Waals surface area contributed by atoms with Crippen molar-refractivity contribution in [1.29, 1.82) is 0 Å². The highest BCUT2D eigenvalue weighted by atomic mass is 32.3. The standard InChI is InChI=1S/C5H6N2O2S2/c8-11(9)4-1-2-10-5(4)6-3-7-11/h1-3,8-9H,(H,6,7). The molecule has 2 rings (SSSR count). The van der Waals surface area contributed by atoms with Gasteiger partial charge in [-0.2, -0.15) is 0 Å². The minimum Gasteiger partial charge on any atom is -0.335 e. The van der Waals surface area contributed by atoms with E-state index >= 15 is 0 Å². The molecule has 0 fully saturated rings. The van der Waals surface area contributed by atoms with Crippen LogP contribution in [0.3, 0.4) is 0 Å². The molecular weight excluding hydrogens is 184 g/mol. The van der Waals surface area contributed by atoms with E-state index in [0.717, 1.165) is 5.00 Å². The van der Waals surface area contributed by atoms with Crippen LogP contribution in [0.1, 0.15) is 0 Å². The molecule has 0 bridgehead atoms. The molecule has 0 aromatic carbocycles. The summed E-state index contributed by atoms with van der Waals surface area (Å²) in [5.74, 6) is 0. The highest BCUT2D eigenvalue weighted by Gasteiger charge is 2.21. The number of hydrogen-bond donors (Lipinski definition) is 3. The summed E-state index contributed by atoms with van der Waals surface area (Å²) in [6.07, 6.45) is 1.31. The first kappa shape index (κ1) is 7.11. The third-order valence-corrected chi connectivity index (χ3v) is 3.62. The fourth-order valence-electron chi connectivity index (χ4n) is 0.834. The second-order valence-corrected chi connectivity index (χ2v) is 4.62. The van der Waals surface area contributed by atoms with Crippen LogP contribution in [0.2, 0.25) is 0 Å². The molecule has 2 heterocycles. The van der Waals surface area contributed by atoms with E-state index in [1.54, 1.807) is 11.4 Å². The van der Waals surface area contributed by atoms with E-state index in [1.807, 2.05) is 0 Å². The van der Waals surface area contributed by atoms with E-state index in [-0.39, 0.29) is 0 Å². The van der Waals surface area contributed by atoms with Gasteiger partial charge in [-0.05, 0) is 11.4 Å². The third-order valence-electron chi connectivity index (χ3n) is 1.32. The van der Waals surface area contributed by atoms with Crippen molar-refractivity contribution in [3.05, 3.63) is 11.4 Å². The fourth-order valence-corrected chi connectivity index (χ4v) is 2.92. The van der Waals surface area contributed by atoms with E-state index in [4.69, 9.17) is 0 Å². The summed E-state index contributed by atoms with van der Waals surface area (Å²) >= 11 is 1.43. The van der Waals surface area contributed by atoms with Crippen LogP contribution in [0.4, 0.5) is 5.00 Å². The lowest BCUT2D eigenvalue weighted by Gasteiger charge is -2.28. The smallest absolute Gasteiger partial charge is 0.119 e. The van der Waals surface area contributed by atoms with Crippen molar-refractivity contribution < 1.29 is 9.11 Å². The Morgan fingerprint density at radius 1 is 1.55 bits per heavy atom. The number of rotatable bonds is 0. The highest BCUT2D eigenvalue weighted by Crippen LogP contribution is 2.55. The molecule has 0 unspecified atom stereocenters. The summed E-state index contributed by atoms with van der Waals surface area (Å²) in [5, 5.41) is 5.38. The molecule has 4 nitrogen and oxygen atoms in total. The third kappa shape index (κ3) is 1.04. The largest absolute Gasteiger partial charge is 0.335 e. The maximum Gasteiger partial charge on any atom is 0.119 e. The predicted molar refractivity (Wildman–Crippen MR) is 47.5 cm³/mol. The summed E-state index contributed by atoms with van der Waals surface area (Å²) in [5.41, 5.74) is 0. The van der Waals surface area contributed by atoms with Gasteiger partial charge in [-0.15, -0.1) is 15.7 Å². The Morgan fingerprint density at radius 2 is 2.36 bits per heavy atom. The van der Waals surface area contributed by atoms with Crippen molar-refractivity contribution in [3.63, 3.8) is 0 Å². The second kappa shape index (κ2) is 2.21. The molecule has 1 aliphatic rings. The van der Waals surface area contributed by atoms with Crippen molar-refractivity contribution >= 4 is 33.5 Å². The lowest BCUT2D eigenvalue weighted by Crippen LogP contribution is -2.06. The van der Waals surface area contributed by atoms with Crippen LogP contribution in [0.5, 0.6) is 0 Å². The Bertz CT molecular complexity index is 307. The molecule has 1 aromatic rings. The molecule has 11 heavy (non-hydrogen) atoms. The average Bonchev–Trinajstić information content (AvgIpc) is 2.34. The van der Waals surface area contributed by atoms with E-state index in [1.165, 1.54) is 17.7 Å². The van der Waals surface area contributed by atoms with Gasteiger partial charge in [-0.3, -0.25) is 9.11 Å². The lowest BCUT2D eigenvalue weighted by atomic mass is 10.6. The Balaban J connectivity index is 2.56. The highest BCUT2D eigenvalue weighted by molar-refractivity contribution is 8.23. The summed E-state index contributed by atoms with van der Waals surface area (Å²) in [7, 11) is -2.88. The van der Waals surface area contributed by atoms with Gasteiger partial charge in [0, 0.05) is 0 Å². The number of nitrogens with one attached hydrogen (secondary N) is 1. The van der Waals surface area contributed by atoms with Crippen molar-refractivity contribution in [3.8, 4) is 0 Å². The van der Waals surface area contributed by atoms with Gasteiger partial charge in [-0.25, -0.2) is 0 Å². The molecule has 0 atom stereocenters. The minimum absolute atomic E-state index is 0.491. The lowest BCUT2D eigenvalue weighted by molar-refractivity contribution is 0.490. The van der Waals surface area contributed by atoms with Gasteiger partial charge in [0.2, 0.25) is 0 Å². The monoisotopic (exact) mass is 190 g/mol.